The summed E-state index contributed by atoms with van der Waals surface area (Å²) in [7, 11) is 1.90. The number of pyridine rings is 1. The lowest BCUT2D eigenvalue weighted by molar-refractivity contribution is -0.146. The van der Waals surface area contributed by atoms with Gasteiger partial charge in [-0.3, -0.25) is 14.6 Å². The summed E-state index contributed by atoms with van der Waals surface area (Å²) in [5.41, 5.74) is 1.43. The number of aromatic nitrogens is 4. The average Bonchev–Trinajstić information content (AvgIpc) is 3.43. The van der Waals surface area contributed by atoms with Gasteiger partial charge in [0.15, 0.2) is 0 Å². The van der Waals surface area contributed by atoms with Crippen LogP contribution in [0, 0.1) is 0 Å². The molecular formula is C21H24N6O2. The highest BCUT2D eigenvalue weighted by atomic mass is 16.2. The van der Waals surface area contributed by atoms with Crippen LogP contribution >= 0.6 is 0 Å². The Morgan fingerprint density at radius 3 is 2.79 bits per heavy atom. The molecule has 0 N–H and O–H groups in total. The number of piperidine rings is 1. The Morgan fingerprint density at radius 2 is 2.00 bits per heavy atom. The molecule has 2 amide bonds. The van der Waals surface area contributed by atoms with Crippen LogP contribution in [-0.2, 0) is 18.4 Å². The second kappa shape index (κ2) is 6.72. The van der Waals surface area contributed by atoms with Gasteiger partial charge in [-0.25, -0.2) is 4.52 Å². The third-order valence-corrected chi connectivity index (χ3v) is 6.28. The van der Waals surface area contributed by atoms with Crippen molar-refractivity contribution in [2.24, 2.45) is 7.05 Å². The van der Waals surface area contributed by atoms with E-state index in [9.17, 15) is 9.59 Å². The molecular weight excluding hydrogens is 368 g/mol. The molecule has 2 aliphatic rings. The molecule has 3 aromatic heterocycles. The average molecular weight is 392 g/mol. The zero-order valence-corrected chi connectivity index (χ0v) is 16.5. The molecule has 0 saturated carbocycles. The van der Waals surface area contributed by atoms with E-state index in [1.165, 1.54) is 0 Å². The van der Waals surface area contributed by atoms with Gasteiger partial charge in [0.05, 0.1) is 18.4 Å². The highest BCUT2D eigenvalue weighted by Gasteiger charge is 2.53. The molecule has 0 bridgehead atoms. The Hall–Kier alpha value is -3.16. The first kappa shape index (κ1) is 17.9. The zero-order valence-electron chi connectivity index (χ0n) is 16.5. The van der Waals surface area contributed by atoms with Crippen molar-refractivity contribution < 1.29 is 9.59 Å². The lowest BCUT2D eigenvalue weighted by atomic mass is 9.85. The molecule has 29 heavy (non-hydrogen) atoms. The summed E-state index contributed by atoms with van der Waals surface area (Å²) in [4.78, 5) is 35.2. The van der Waals surface area contributed by atoms with Crippen molar-refractivity contribution in [1.29, 1.82) is 0 Å². The monoisotopic (exact) mass is 392 g/mol. The first-order valence-corrected chi connectivity index (χ1v) is 10.1. The van der Waals surface area contributed by atoms with Gasteiger partial charge < -0.3 is 14.4 Å². The highest BCUT2D eigenvalue weighted by Crippen LogP contribution is 2.39. The van der Waals surface area contributed by atoms with Gasteiger partial charge in [-0.05, 0) is 37.8 Å². The number of hydrogen-bond donors (Lipinski definition) is 0. The van der Waals surface area contributed by atoms with Crippen molar-refractivity contribution in [3.05, 3.63) is 54.2 Å². The lowest BCUT2D eigenvalue weighted by Gasteiger charge is -2.44. The van der Waals surface area contributed by atoms with Gasteiger partial charge in [0, 0.05) is 38.7 Å². The molecule has 2 aliphatic heterocycles. The molecule has 3 aromatic rings. The number of hydrogen-bond acceptors (Lipinski definition) is 4. The fraction of sp³-hybridized carbons (Fsp3) is 0.429. The maximum absolute atomic E-state index is 13.6. The molecule has 0 aromatic carbocycles. The quantitative estimate of drug-likeness (QED) is 0.682. The van der Waals surface area contributed by atoms with E-state index in [0.29, 0.717) is 38.0 Å². The summed E-state index contributed by atoms with van der Waals surface area (Å²) < 4.78 is 3.59. The maximum Gasteiger partial charge on any atom is 0.260 e. The molecule has 0 aliphatic carbocycles. The van der Waals surface area contributed by atoms with E-state index >= 15 is 0 Å². The van der Waals surface area contributed by atoms with Gasteiger partial charge in [0.1, 0.15) is 16.7 Å². The Balaban J connectivity index is 1.46. The van der Waals surface area contributed by atoms with Gasteiger partial charge in [0.2, 0.25) is 5.91 Å². The number of aryl methyl sites for hydroxylation is 1. The predicted molar refractivity (Wildman–Crippen MR) is 106 cm³/mol. The number of rotatable bonds is 3. The maximum atomic E-state index is 13.6. The molecule has 2 saturated heterocycles. The van der Waals surface area contributed by atoms with Crippen LogP contribution in [0.25, 0.3) is 5.65 Å². The number of likely N-dealkylation sites (tertiary alicyclic amines) is 2. The fourth-order valence-corrected chi connectivity index (χ4v) is 4.91. The van der Waals surface area contributed by atoms with Crippen molar-refractivity contribution in [3.8, 4) is 0 Å². The van der Waals surface area contributed by atoms with E-state index in [1.807, 2.05) is 52.0 Å². The van der Waals surface area contributed by atoms with Crippen LogP contribution in [0.3, 0.4) is 0 Å². The van der Waals surface area contributed by atoms with Crippen LogP contribution in [0.2, 0.25) is 0 Å². The number of nitrogens with zero attached hydrogens (tertiary/aromatic N) is 6. The molecule has 0 radical (unpaired) electrons. The molecule has 2 fully saturated rings. The van der Waals surface area contributed by atoms with E-state index in [2.05, 4.69) is 10.1 Å². The van der Waals surface area contributed by atoms with Gasteiger partial charge in [-0.1, -0.05) is 6.07 Å². The minimum absolute atomic E-state index is 0.0514. The second-order valence-corrected chi connectivity index (χ2v) is 7.98. The van der Waals surface area contributed by atoms with Crippen LogP contribution in [0.1, 0.15) is 41.7 Å². The number of carbonyl (C=O) groups is 2. The second-order valence-electron chi connectivity index (χ2n) is 7.98. The third-order valence-electron chi connectivity index (χ3n) is 6.28. The van der Waals surface area contributed by atoms with Crippen LogP contribution in [0.5, 0.6) is 0 Å². The molecule has 8 nitrogen and oxygen atoms in total. The Morgan fingerprint density at radius 1 is 1.17 bits per heavy atom. The normalized spacial score (nSPS) is 22.2. The Labute approximate surface area is 168 Å². The smallest absolute Gasteiger partial charge is 0.260 e. The molecule has 1 atom stereocenters. The van der Waals surface area contributed by atoms with E-state index < -0.39 is 5.54 Å². The summed E-state index contributed by atoms with van der Waals surface area (Å²) >= 11 is 0. The van der Waals surface area contributed by atoms with Gasteiger partial charge >= 0.3 is 0 Å². The summed E-state index contributed by atoms with van der Waals surface area (Å²) in [6, 6.07) is 5.74. The first-order valence-electron chi connectivity index (χ1n) is 10.1. The Bertz CT molecular complexity index is 1070. The van der Waals surface area contributed by atoms with Gasteiger partial charge in [-0.2, -0.15) is 5.10 Å². The van der Waals surface area contributed by atoms with Crippen molar-refractivity contribution in [1.82, 2.24) is 29.0 Å². The molecule has 5 rings (SSSR count). The topological polar surface area (TPSA) is 75.7 Å². The fourth-order valence-electron chi connectivity index (χ4n) is 4.91. The van der Waals surface area contributed by atoms with E-state index in [1.54, 1.807) is 16.9 Å². The summed E-state index contributed by atoms with van der Waals surface area (Å²) in [6.07, 6.45) is 10.2. The van der Waals surface area contributed by atoms with Crippen molar-refractivity contribution in [2.75, 3.05) is 13.1 Å². The molecule has 1 unspecified atom stereocenters. The first-order chi connectivity index (χ1) is 14.1. The summed E-state index contributed by atoms with van der Waals surface area (Å²) in [5.74, 6) is -0.0529. The molecule has 5 heterocycles. The number of imidazole rings is 1. The Kier molecular flexibility index (Phi) is 4.15. The van der Waals surface area contributed by atoms with Crippen LogP contribution < -0.4 is 0 Å². The van der Waals surface area contributed by atoms with E-state index in [0.717, 1.165) is 24.2 Å². The predicted octanol–water partition coefficient (Wildman–Crippen LogP) is 1.87. The number of amides is 2. The van der Waals surface area contributed by atoms with Crippen molar-refractivity contribution in [3.63, 3.8) is 0 Å². The minimum Gasteiger partial charge on any atom is -0.335 e. The van der Waals surface area contributed by atoms with Crippen molar-refractivity contribution >= 4 is 17.5 Å². The summed E-state index contributed by atoms with van der Waals surface area (Å²) in [6.45, 7) is 1.79. The van der Waals surface area contributed by atoms with Gasteiger partial charge in [-0.15, -0.1) is 0 Å². The van der Waals surface area contributed by atoms with Crippen LogP contribution in [-0.4, -0.2) is 59.4 Å². The number of fused-ring (bicyclic) bond motifs is 1. The van der Waals surface area contributed by atoms with E-state index in [-0.39, 0.29) is 11.8 Å². The summed E-state index contributed by atoms with van der Waals surface area (Å²) in [5, 5.41) is 4.30. The standard InChI is InChI=1S/C21H24N6O2/c1-24-12-13-27-18(24)17(14-23-27)19(28)26-11-5-8-21(26)7-4-10-25(20(21)29)15-16-6-2-3-9-22-16/h2-3,6,9,12-14H,4-5,7-8,10-11,15H2,1H3. The van der Waals surface area contributed by atoms with Gasteiger partial charge in [0.25, 0.3) is 5.91 Å². The number of carbonyl (C=O) groups excluding carboxylic acids is 2. The van der Waals surface area contributed by atoms with Crippen LogP contribution in [0.4, 0.5) is 0 Å². The largest absolute Gasteiger partial charge is 0.335 e. The SMILES string of the molecule is Cn1ccn2ncc(C(=O)N3CCCC34CCCN(Cc3ccccn3)C4=O)c12. The molecule has 8 heteroatoms. The zero-order chi connectivity index (χ0) is 20.0. The molecule has 1 spiro atoms. The lowest BCUT2D eigenvalue weighted by Crippen LogP contribution is -2.61. The van der Waals surface area contributed by atoms with Crippen LogP contribution in [0.15, 0.2) is 43.0 Å². The molecule has 150 valence electrons. The van der Waals surface area contributed by atoms with Crippen molar-refractivity contribution in [2.45, 2.75) is 37.8 Å². The third kappa shape index (κ3) is 2.73. The van der Waals surface area contributed by atoms with E-state index in [4.69, 9.17) is 0 Å². The highest BCUT2D eigenvalue weighted by molar-refractivity contribution is 6.03. The minimum atomic E-state index is -0.746.